The van der Waals surface area contributed by atoms with Gasteiger partial charge in [0.15, 0.2) is 0 Å². The first-order valence-electron chi connectivity index (χ1n) is 6.69. The van der Waals surface area contributed by atoms with E-state index in [-0.39, 0.29) is 16.9 Å². The van der Waals surface area contributed by atoms with Crippen LogP contribution in [0, 0.1) is 19.7 Å². The fraction of sp³-hybridized carbons (Fsp3) is 0.294. The molecule has 0 amide bonds. The third-order valence-corrected chi connectivity index (χ3v) is 3.71. The predicted octanol–water partition coefficient (Wildman–Crippen LogP) is 4.60. The van der Waals surface area contributed by atoms with Crippen molar-refractivity contribution < 1.29 is 4.39 Å². The molecule has 0 spiro atoms. The molecule has 1 nitrogen and oxygen atoms in total. The largest absolute Gasteiger partial charge is 0.313 e. The third-order valence-electron chi connectivity index (χ3n) is 3.42. The van der Waals surface area contributed by atoms with Crippen LogP contribution in [0.4, 0.5) is 4.39 Å². The van der Waals surface area contributed by atoms with E-state index in [2.05, 4.69) is 37.4 Å². The molecular weight excluding hydrogens is 273 g/mol. The molecule has 0 aliphatic heterocycles. The summed E-state index contributed by atoms with van der Waals surface area (Å²) in [5, 5.41) is 3.44. The average Bonchev–Trinajstić information content (AvgIpc) is 2.38. The van der Waals surface area contributed by atoms with Gasteiger partial charge in [-0.15, -0.1) is 0 Å². The lowest BCUT2D eigenvalue weighted by atomic mass is 9.96. The summed E-state index contributed by atoms with van der Waals surface area (Å²) >= 11 is 5.87. The standard InChI is InChI=1S/C17H19ClFN/c1-11-6-12(2)8-13(7-11)9-17(20-3)14-4-5-16(19)15(18)10-14/h4-8,10,17,20H,9H2,1-3H3. The van der Waals surface area contributed by atoms with Crippen molar-refractivity contribution in [1.82, 2.24) is 5.32 Å². The van der Waals surface area contributed by atoms with Gasteiger partial charge in [-0.2, -0.15) is 0 Å². The fourth-order valence-electron chi connectivity index (χ4n) is 2.54. The van der Waals surface area contributed by atoms with Crippen molar-refractivity contribution in [2.24, 2.45) is 0 Å². The maximum Gasteiger partial charge on any atom is 0.141 e. The molecular formula is C17H19ClFN. The summed E-state index contributed by atoms with van der Waals surface area (Å²) < 4.78 is 13.2. The van der Waals surface area contributed by atoms with Crippen LogP contribution in [0.15, 0.2) is 36.4 Å². The van der Waals surface area contributed by atoms with Crippen molar-refractivity contribution in [1.29, 1.82) is 0 Å². The van der Waals surface area contributed by atoms with E-state index < -0.39 is 0 Å². The van der Waals surface area contributed by atoms with Gasteiger partial charge >= 0.3 is 0 Å². The third kappa shape index (κ3) is 3.59. The van der Waals surface area contributed by atoms with Gasteiger partial charge in [-0.25, -0.2) is 4.39 Å². The molecule has 106 valence electrons. The van der Waals surface area contributed by atoms with Crippen LogP contribution in [0.5, 0.6) is 0 Å². The molecule has 0 heterocycles. The van der Waals surface area contributed by atoms with Crippen LogP contribution in [0.25, 0.3) is 0 Å². The Morgan fingerprint density at radius 2 is 1.75 bits per heavy atom. The zero-order valence-electron chi connectivity index (χ0n) is 12.0. The molecule has 0 saturated carbocycles. The molecule has 0 aliphatic carbocycles. The Balaban J connectivity index is 2.26. The summed E-state index contributed by atoms with van der Waals surface area (Å²) in [5.41, 5.74) is 4.78. The molecule has 0 aliphatic rings. The van der Waals surface area contributed by atoms with Crippen LogP contribution in [0.1, 0.15) is 28.3 Å². The van der Waals surface area contributed by atoms with E-state index in [1.807, 2.05) is 7.05 Å². The lowest BCUT2D eigenvalue weighted by Gasteiger charge is -2.18. The first-order chi connectivity index (χ1) is 9.49. The molecule has 1 atom stereocenters. The Kier molecular flexibility index (Phi) is 4.79. The Morgan fingerprint density at radius 3 is 2.30 bits per heavy atom. The molecule has 2 aromatic carbocycles. The van der Waals surface area contributed by atoms with Gasteiger partial charge in [0.05, 0.1) is 5.02 Å². The summed E-state index contributed by atoms with van der Waals surface area (Å²) in [7, 11) is 1.91. The molecule has 0 fully saturated rings. The maximum absolute atomic E-state index is 13.2. The molecule has 1 unspecified atom stereocenters. The van der Waals surface area contributed by atoms with E-state index in [1.54, 1.807) is 12.1 Å². The van der Waals surface area contributed by atoms with E-state index in [1.165, 1.54) is 22.8 Å². The molecule has 0 aromatic heterocycles. The highest BCUT2D eigenvalue weighted by molar-refractivity contribution is 6.30. The van der Waals surface area contributed by atoms with E-state index in [0.29, 0.717) is 0 Å². The van der Waals surface area contributed by atoms with Crippen molar-refractivity contribution >= 4 is 11.6 Å². The quantitative estimate of drug-likeness (QED) is 0.868. The summed E-state index contributed by atoms with van der Waals surface area (Å²) in [6.45, 7) is 4.19. The lowest BCUT2D eigenvalue weighted by molar-refractivity contribution is 0.586. The van der Waals surface area contributed by atoms with Crippen LogP contribution in [-0.2, 0) is 6.42 Å². The lowest BCUT2D eigenvalue weighted by Crippen LogP contribution is -2.19. The molecule has 0 bridgehead atoms. The van der Waals surface area contributed by atoms with Crippen molar-refractivity contribution in [3.05, 3.63) is 69.5 Å². The molecule has 20 heavy (non-hydrogen) atoms. The zero-order chi connectivity index (χ0) is 14.7. The number of likely N-dealkylation sites (N-methyl/N-ethyl adjacent to an activating group) is 1. The number of hydrogen-bond donors (Lipinski definition) is 1. The molecule has 0 radical (unpaired) electrons. The van der Waals surface area contributed by atoms with Crippen LogP contribution >= 0.6 is 11.6 Å². The second-order valence-corrected chi connectivity index (χ2v) is 5.62. The molecule has 2 aromatic rings. The van der Waals surface area contributed by atoms with Gasteiger partial charge in [0.2, 0.25) is 0 Å². The minimum atomic E-state index is -0.378. The van der Waals surface area contributed by atoms with Gasteiger partial charge in [0.25, 0.3) is 0 Å². The van der Waals surface area contributed by atoms with Crippen LogP contribution in [-0.4, -0.2) is 7.05 Å². The second kappa shape index (κ2) is 6.38. The first kappa shape index (κ1) is 15.0. The number of rotatable bonds is 4. The van der Waals surface area contributed by atoms with E-state index in [0.717, 1.165) is 12.0 Å². The smallest absolute Gasteiger partial charge is 0.141 e. The van der Waals surface area contributed by atoms with Gasteiger partial charge in [0, 0.05) is 6.04 Å². The highest BCUT2D eigenvalue weighted by Crippen LogP contribution is 2.24. The highest BCUT2D eigenvalue weighted by atomic mass is 35.5. The maximum atomic E-state index is 13.2. The summed E-state index contributed by atoms with van der Waals surface area (Å²) in [6, 6.07) is 11.5. The molecule has 2 rings (SSSR count). The number of hydrogen-bond acceptors (Lipinski definition) is 1. The van der Waals surface area contributed by atoms with Crippen LogP contribution in [0.2, 0.25) is 5.02 Å². The average molecular weight is 292 g/mol. The predicted molar refractivity (Wildman–Crippen MR) is 82.8 cm³/mol. The summed E-state index contributed by atoms with van der Waals surface area (Å²) in [6.07, 6.45) is 0.848. The van der Waals surface area contributed by atoms with Crippen molar-refractivity contribution in [3.8, 4) is 0 Å². The van der Waals surface area contributed by atoms with Gasteiger partial charge in [-0.1, -0.05) is 47.0 Å². The first-order valence-corrected chi connectivity index (χ1v) is 7.07. The van der Waals surface area contributed by atoms with Crippen LogP contribution in [0.3, 0.4) is 0 Å². The van der Waals surface area contributed by atoms with E-state index in [4.69, 9.17) is 11.6 Å². The van der Waals surface area contributed by atoms with Gasteiger partial charge < -0.3 is 5.32 Å². The second-order valence-electron chi connectivity index (χ2n) is 5.21. The summed E-state index contributed by atoms with van der Waals surface area (Å²) in [4.78, 5) is 0. The van der Waals surface area contributed by atoms with Crippen LogP contribution < -0.4 is 5.32 Å². The Morgan fingerprint density at radius 1 is 1.10 bits per heavy atom. The van der Waals surface area contributed by atoms with Crippen molar-refractivity contribution in [2.45, 2.75) is 26.3 Å². The van der Waals surface area contributed by atoms with Crippen molar-refractivity contribution in [3.63, 3.8) is 0 Å². The minimum Gasteiger partial charge on any atom is -0.313 e. The minimum absolute atomic E-state index is 0.120. The van der Waals surface area contributed by atoms with Gasteiger partial charge in [0.1, 0.15) is 5.82 Å². The van der Waals surface area contributed by atoms with Crippen molar-refractivity contribution in [2.75, 3.05) is 7.05 Å². The Labute approximate surface area is 124 Å². The molecule has 1 N–H and O–H groups in total. The monoisotopic (exact) mass is 291 g/mol. The number of benzene rings is 2. The SMILES string of the molecule is CNC(Cc1cc(C)cc(C)c1)c1ccc(F)c(Cl)c1. The highest BCUT2D eigenvalue weighted by Gasteiger charge is 2.12. The number of nitrogens with one attached hydrogen (secondary N) is 1. The Bertz CT molecular complexity index is 590. The normalized spacial score (nSPS) is 12.4. The topological polar surface area (TPSA) is 12.0 Å². The number of halogens is 2. The van der Waals surface area contributed by atoms with E-state index >= 15 is 0 Å². The Hall–Kier alpha value is -1.38. The molecule has 3 heteroatoms. The zero-order valence-corrected chi connectivity index (χ0v) is 12.8. The summed E-state index contributed by atoms with van der Waals surface area (Å²) in [5.74, 6) is -0.378. The van der Waals surface area contributed by atoms with E-state index in [9.17, 15) is 4.39 Å². The van der Waals surface area contributed by atoms with Gasteiger partial charge in [-0.3, -0.25) is 0 Å². The number of aryl methyl sites for hydroxylation is 2. The van der Waals surface area contributed by atoms with Gasteiger partial charge in [-0.05, 0) is 50.6 Å². The molecule has 0 saturated heterocycles. The fourth-order valence-corrected chi connectivity index (χ4v) is 2.73.